The molecule has 0 aliphatic carbocycles. The topological polar surface area (TPSA) is 119 Å². The predicted molar refractivity (Wildman–Crippen MR) is 62.2 cm³/mol. The van der Waals surface area contributed by atoms with E-state index in [1.807, 2.05) is 0 Å². The van der Waals surface area contributed by atoms with Crippen molar-refractivity contribution in [2.75, 3.05) is 13.1 Å². The number of rotatable bonds is 6. The molecule has 0 spiro atoms. The van der Waals surface area contributed by atoms with Crippen molar-refractivity contribution < 1.29 is 21.1 Å². The molecule has 1 aliphatic rings. The summed E-state index contributed by atoms with van der Waals surface area (Å²) in [5.74, 6) is -0.434. The molecule has 0 unspecified atom stereocenters. The Labute approximate surface area is 101 Å². The lowest BCUT2D eigenvalue weighted by atomic mass is 10.1. The second kappa shape index (κ2) is 6.56. The molecule has 8 N–H and O–H groups in total. The number of primary amides is 1. The highest BCUT2D eigenvalue weighted by molar-refractivity contribution is 5.88. The van der Waals surface area contributed by atoms with Gasteiger partial charge in [0.25, 0.3) is 5.91 Å². The van der Waals surface area contributed by atoms with E-state index in [2.05, 4.69) is 11.5 Å². The van der Waals surface area contributed by atoms with Gasteiger partial charge in [0, 0.05) is 13.0 Å². The first kappa shape index (κ1) is 13.9. The van der Waals surface area contributed by atoms with Gasteiger partial charge in [0.2, 0.25) is 5.91 Å². The van der Waals surface area contributed by atoms with E-state index < -0.39 is 11.9 Å². The average molecular weight is 244 g/mol. The predicted octanol–water partition coefficient (Wildman–Crippen LogP) is -2.51. The van der Waals surface area contributed by atoms with Gasteiger partial charge < -0.3 is 22.1 Å². The van der Waals surface area contributed by atoms with Crippen LogP contribution in [0.2, 0.25) is 0 Å². The molecule has 6 heteroatoms. The minimum atomic E-state index is -0.417. The Bertz CT molecular complexity index is 283. The molecular formula is C11H24N4O2+2. The van der Waals surface area contributed by atoms with Crippen LogP contribution in [0, 0.1) is 0 Å². The van der Waals surface area contributed by atoms with Crippen LogP contribution in [0.1, 0.15) is 32.1 Å². The number of quaternary nitrogens is 2. The molecule has 2 amide bonds. The van der Waals surface area contributed by atoms with Crippen LogP contribution in [-0.4, -0.2) is 41.9 Å². The first-order chi connectivity index (χ1) is 8.07. The van der Waals surface area contributed by atoms with E-state index in [1.165, 1.54) is 0 Å². The molecule has 0 radical (unpaired) electrons. The maximum absolute atomic E-state index is 12.1. The molecule has 2 atom stereocenters. The summed E-state index contributed by atoms with van der Waals surface area (Å²) >= 11 is 0. The zero-order valence-corrected chi connectivity index (χ0v) is 10.4. The Hall–Kier alpha value is -1.14. The highest BCUT2D eigenvalue weighted by Gasteiger charge is 2.35. The SMILES string of the molecule is NC(=O)[C@@H]1CCCN1C(=O)[C@@H]([NH3+])CCCC[NH3+]. The fourth-order valence-electron chi connectivity index (χ4n) is 2.25. The molecule has 1 aliphatic heterocycles. The lowest BCUT2D eigenvalue weighted by Gasteiger charge is -2.23. The Morgan fingerprint density at radius 3 is 2.71 bits per heavy atom. The maximum atomic E-state index is 12.1. The molecule has 1 heterocycles. The number of carbonyl (C=O) groups excluding carboxylic acids is 2. The Morgan fingerprint density at radius 1 is 1.41 bits per heavy atom. The summed E-state index contributed by atoms with van der Waals surface area (Å²) in [6, 6.07) is -0.680. The van der Waals surface area contributed by atoms with Gasteiger partial charge in [-0.25, -0.2) is 0 Å². The van der Waals surface area contributed by atoms with Crippen molar-refractivity contribution in [1.29, 1.82) is 0 Å². The van der Waals surface area contributed by atoms with Gasteiger partial charge in [-0.3, -0.25) is 9.59 Å². The molecule has 0 saturated carbocycles. The number of likely N-dealkylation sites (tertiary alicyclic amines) is 1. The monoisotopic (exact) mass is 244 g/mol. The van der Waals surface area contributed by atoms with Crippen LogP contribution in [0.3, 0.4) is 0 Å². The molecule has 98 valence electrons. The van der Waals surface area contributed by atoms with Crippen molar-refractivity contribution in [2.24, 2.45) is 5.73 Å². The number of hydrogen-bond donors (Lipinski definition) is 3. The van der Waals surface area contributed by atoms with Gasteiger partial charge in [0.1, 0.15) is 6.04 Å². The molecule has 0 bridgehead atoms. The van der Waals surface area contributed by atoms with E-state index in [4.69, 9.17) is 5.73 Å². The van der Waals surface area contributed by atoms with Gasteiger partial charge in [-0.15, -0.1) is 0 Å². The minimum absolute atomic E-state index is 0.0321. The standard InChI is InChI=1S/C11H22N4O2/c12-6-2-1-4-8(13)11(17)15-7-3-5-9(15)10(14)16/h8-9H,1-7,12-13H2,(H2,14,16)/p+2/t8-,9-/m0/s1. The van der Waals surface area contributed by atoms with Crippen LogP contribution in [0.25, 0.3) is 0 Å². The first-order valence-corrected chi connectivity index (χ1v) is 6.30. The summed E-state index contributed by atoms with van der Waals surface area (Å²) in [7, 11) is 0. The lowest BCUT2D eigenvalue weighted by Crippen LogP contribution is -2.68. The van der Waals surface area contributed by atoms with Crippen molar-refractivity contribution in [3.05, 3.63) is 0 Å². The number of nitrogens with two attached hydrogens (primary N) is 1. The van der Waals surface area contributed by atoms with E-state index in [-0.39, 0.29) is 11.9 Å². The van der Waals surface area contributed by atoms with E-state index in [9.17, 15) is 9.59 Å². The summed E-state index contributed by atoms with van der Waals surface area (Å²) in [4.78, 5) is 24.9. The third-order valence-corrected chi connectivity index (χ3v) is 3.27. The third kappa shape index (κ3) is 3.67. The lowest BCUT2D eigenvalue weighted by molar-refractivity contribution is -0.408. The van der Waals surface area contributed by atoms with E-state index in [0.29, 0.717) is 13.0 Å². The molecule has 1 fully saturated rings. The first-order valence-electron chi connectivity index (χ1n) is 6.30. The molecule has 0 aromatic rings. The van der Waals surface area contributed by atoms with E-state index >= 15 is 0 Å². The van der Waals surface area contributed by atoms with Gasteiger partial charge >= 0.3 is 0 Å². The van der Waals surface area contributed by atoms with Crippen molar-refractivity contribution in [2.45, 2.75) is 44.2 Å². The normalized spacial score (nSPS) is 21.5. The van der Waals surface area contributed by atoms with Crippen LogP contribution in [0.4, 0.5) is 0 Å². The zero-order valence-electron chi connectivity index (χ0n) is 10.4. The average Bonchev–Trinajstić information content (AvgIpc) is 2.77. The smallest absolute Gasteiger partial charge is 0.281 e. The largest absolute Gasteiger partial charge is 0.368 e. The number of carbonyl (C=O) groups is 2. The van der Waals surface area contributed by atoms with Gasteiger partial charge in [-0.05, 0) is 25.7 Å². The molecule has 1 saturated heterocycles. The second-order valence-electron chi connectivity index (χ2n) is 4.64. The fraction of sp³-hybridized carbons (Fsp3) is 0.818. The zero-order chi connectivity index (χ0) is 12.8. The minimum Gasteiger partial charge on any atom is -0.368 e. The van der Waals surface area contributed by atoms with E-state index in [1.54, 1.807) is 4.90 Å². The van der Waals surface area contributed by atoms with Crippen LogP contribution in [-0.2, 0) is 9.59 Å². The molecule has 0 aromatic heterocycles. The molecular weight excluding hydrogens is 220 g/mol. The molecule has 1 rings (SSSR count). The number of amides is 2. The second-order valence-corrected chi connectivity index (χ2v) is 4.64. The van der Waals surface area contributed by atoms with Gasteiger partial charge in [-0.2, -0.15) is 0 Å². The van der Waals surface area contributed by atoms with Crippen molar-refractivity contribution in [1.82, 2.24) is 4.90 Å². The van der Waals surface area contributed by atoms with Crippen molar-refractivity contribution in [3.8, 4) is 0 Å². The van der Waals surface area contributed by atoms with Crippen LogP contribution in [0.5, 0.6) is 0 Å². The Balaban J connectivity index is 2.47. The summed E-state index contributed by atoms with van der Waals surface area (Å²) in [5.41, 5.74) is 12.9. The highest BCUT2D eigenvalue weighted by Crippen LogP contribution is 2.18. The number of unbranched alkanes of at least 4 members (excludes halogenated alkanes) is 1. The van der Waals surface area contributed by atoms with Crippen molar-refractivity contribution in [3.63, 3.8) is 0 Å². The summed E-state index contributed by atoms with van der Waals surface area (Å²) in [6.07, 6.45) is 4.27. The Morgan fingerprint density at radius 2 is 2.12 bits per heavy atom. The van der Waals surface area contributed by atoms with E-state index in [0.717, 1.165) is 32.2 Å². The summed E-state index contributed by atoms with van der Waals surface area (Å²) in [6.45, 7) is 1.52. The van der Waals surface area contributed by atoms with Crippen molar-refractivity contribution >= 4 is 11.8 Å². The molecule has 17 heavy (non-hydrogen) atoms. The van der Waals surface area contributed by atoms with Gasteiger partial charge in [0.15, 0.2) is 6.04 Å². The fourth-order valence-corrected chi connectivity index (χ4v) is 2.25. The quantitative estimate of drug-likeness (QED) is 0.447. The maximum Gasteiger partial charge on any atom is 0.281 e. The van der Waals surface area contributed by atoms with Crippen LogP contribution < -0.4 is 17.2 Å². The summed E-state index contributed by atoms with van der Waals surface area (Å²) < 4.78 is 0. The van der Waals surface area contributed by atoms with Gasteiger partial charge in [0.05, 0.1) is 6.54 Å². The van der Waals surface area contributed by atoms with Gasteiger partial charge in [-0.1, -0.05) is 0 Å². The summed E-state index contributed by atoms with van der Waals surface area (Å²) in [5, 5.41) is 0. The highest BCUT2D eigenvalue weighted by atomic mass is 16.2. The Kier molecular flexibility index (Phi) is 5.37. The van der Waals surface area contributed by atoms with Crippen LogP contribution >= 0.6 is 0 Å². The molecule has 0 aromatic carbocycles. The molecule has 6 nitrogen and oxygen atoms in total. The number of nitrogens with zero attached hydrogens (tertiary/aromatic N) is 1. The third-order valence-electron chi connectivity index (χ3n) is 3.27. The van der Waals surface area contributed by atoms with Crippen LogP contribution in [0.15, 0.2) is 0 Å². The number of hydrogen-bond acceptors (Lipinski definition) is 2.